The van der Waals surface area contributed by atoms with Gasteiger partial charge < -0.3 is 19.1 Å². The van der Waals surface area contributed by atoms with Crippen LogP contribution in [0.4, 0.5) is 0 Å². The average molecular weight is 443 g/mol. The van der Waals surface area contributed by atoms with Gasteiger partial charge in [-0.1, -0.05) is 79.7 Å². The molecule has 0 amide bonds. The summed E-state index contributed by atoms with van der Waals surface area (Å²) in [5, 5.41) is 12.9. The van der Waals surface area contributed by atoms with Crippen molar-refractivity contribution in [2.75, 3.05) is 0 Å². The van der Waals surface area contributed by atoms with Gasteiger partial charge >= 0.3 is 5.97 Å². The first-order valence-electron chi connectivity index (χ1n) is 10.7. The van der Waals surface area contributed by atoms with E-state index in [1.54, 1.807) is 0 Å². The van der Waals surface area contributed by atoms with Gasteiger partial charge in [0.05, 0.1) is 5.56 Å². The summed E-state index contributed by atoms with van der Waals surface area (Å²) in [4.78, 5) is 11.3. The Hall–Kier alpha value is -4.06. The van der Waals surface area contributed by atoms with E-state index in [4.69, 9.17) is 14.0 Å². The van der Waals surface area contributed by atoms with Gasteiger partial charge in [-0.3, -0.25) is 0 Å². The molecule has 0 atom stereocenters. The van der Waals surface area contributed by atoms with Gasteiger partial charge in [-0.25, -0.2) is 4.79 Å². The van der Waals surface area contributed by atoms with Crippen molar-refractivity contribution in [3.63, 3.8) is 0 Å². The van der Waals surface area contributed by atoms with Crippen LogP contribution in [0.25, 0.3) is 11.3 Å². The largest absolute Gasteiger partial charge is 0.488 e. The molecule has 4 aromatic rings. The highest BCUT2D eigenvalue weighted by Gasteiger charge is 2.21. The Kier molecular flexibility index (Phi) is 6.74. The molecule has 0 saturated carbocycles. The first kappa shape index (κ1) is 22.1. The minimum Gasteiger partial charge on any atom is -0.488 e. The molecule has 0 fully saturated rings. The Morgan fingerprint density at radius 2 is 1.45 bits per heavy atom. The summed E-state index contributed by atoms with van der Waals surface area (Å²) in [5.41, 5.74) is 3.49. The van der Waals surface area contributed by atoms with Gasteiger partial charge in [0.15, 0.2) is 11.5 Å². The molecule has 1 N–H and O–H groups in total. The van der Waals surface area contributed by atoms with Gasteiger partial charge in [-0.05, 0) is 28.7 Å². The van der Waals surface area contributed by atoms with Crippen molar-refractivity contribution in [3.05, 3.63) is 101 Å². The standard InChI is InChI=1S/C27H25NO5/c1-18(2)21-13-22(26-14-23(27(29)30)28-33-26)25(32-17-20-11-7-4-8-12-20)15-24(21)31-16-19-9-5-3-6-10-19/h3-15,18H,16-17H2,1-2H3,(H,29,30). The Morgan fingerprint density at radius 3 is 1.97 bits per heavy atom. The molecule has 4 rings (SSSR count). The Bertz CT molecular complexity index is 1220. The molecule has 0 aliphatic rings. The molecule has 1 aromatic heterocycles. The van der Waals surface area contributed by atoms with E-state index in [1.165, 1.54) is 6.07 Å². The zero-order chi connectivity index (χ0) is 23.2. The summed E-state index contributed by atoms with van der Waals surface area (Å²) in [6, 6.07) is 24.9. The maximum atomic E-state index is 11.3. The minimum atomic E-state index is -1.15. The number of aromatic carboxylic acids is 1. The number of carboxylic acid groups (broad SMARTS) is 1. The second-order valence-electron chi connectivity index (χ2n) is 7.97. The quantitative estimate of drug-likeness (QED) is 0.326. The van der Waals surface area contributed by atoms with Crippen LogP contribution in [0, 0.1) is 0 Å². The van der Waals surface area contributed by atoms with Crippen LogP contribution in [-0.2, 0) is 13.2 Å². The van der Waals surface area contributed by atoms with Crippen molar-refractivity contribution in [1.82, 2.24) is 5.16 Å². The molecule has 3 aromatic carbocycles. The number of carbonyl (C=O) groups is 1. The molecule has 168 valence electrons. The first-order valence-corrected chi connectivity index (χ1v) is 10.7. The van der Waals surface area contributed by atoms with Gasteiger partial charge in [0.25, 0.3) is 0 Å². The van der Waals surface area contributed by atoms with Crippen molar-refractivity contribution in [3.8, 4) is 22.8 Å². The molecular formula is C27H25NO5. The lowest BCUT2D eigenvalue weighted by atomic mass is 9.97. The molecule has 0 saturated heterocycles. The lowest BCUT2D eigenvalue weighted by molar-refractivity contribution is 0.0686. The maximum absolute atomic E-state index is 11.3. The van der Waals surface area contributed by atoms with E-state index in [-0.39, 0.29) is 11.6 Å². The third kappa shape index (κ3) is 5.41. The van der Waals surface area contributed by atoms with Crippen molar-refractivity contribution in [2.45, 2.75) is 33.0 Å². The van der Waals surface area contributed by atoms with Gasteiger partial charge in [0, 0.05) is 12.1 Å². The second-order valence-corrected chi connectivity index (χ2v) is 7.97. The molecule has 0 spiro atoms. The predicted octanol–water partition coefficient (Wildman–Crippen LogP) is 6.32. The molecular weight excluding hydrogens is 418 g/mol. The van der Waals surface area contributed by atoms with E-state index in [9.17, 15) is 9.90 Å². The number of nitrogens with zero attached hydrogens (tertiary/aromatic N) is 1. The average Bonchev–Trinajstić information content (AvgIpc) is 3.33. The molecule has 6 heteroatoms. The molecule has 1 heterocycles. The third-order valence-electron chi connectivity index (χ3n) is 5.20. The van der Waals surface area contributed by atoms with E-state index in [1.807, 2.05) is 72.8 Å². The van der Waals surface area contributed by atoms with Gasteiger partial charge in [-0.15, -0.1) is 0 Å². The van der Waals surface area contributed by atoms with Crippen molar-refractivity contribution in [2.24, 2.45) is 0 Å². The SMILES string of the molecule is CC(C)c1cc(-c2cc(C(=O)O)no2)c(OCc2ccccc2)cc1OCc1ccccc1. The van der Waals surface area contributed by atoms with Crippen LogP contribution in [0.3, 0.4) is 0 Å². The van der Waals surface area contributed by atoms with Crippen LogP contribution < -0.4 is 9.47 Å². The predicted molar refractivity (Wildman–Crippen MR) is 125 cm³/mol. The number of rotatable bonds is 9. The number of hydrogen-bond donors (Lipinski definition) is 1. The fraction of sp³-hybridized carbons (Fsp3) is 0.185. The topological polar surface area (TPSA) is 81.8 Å². The summed E-state index contributed by atoms with van der Waals surface area (Å²) < 4.78 is 17.7. The van der Waals surface area contributed by atoms with Crippen LogP contribution in [0.1, 0.15) is 46.9 Å². The van der Waals surface area contributed by atoms with E-state index in [2.05, 4.69) is 19.0 Å². The smallest absolute Gasteiger partial charge is 0.358 e. The highest BCUT2D eigenvalue weighted by molar-refractivity contribution is 5.87. The van der Waals surface area contributed by atoms with Crippen LogP contribution in [0.15, 0.2) is 83.4 Å². The van der Waals surface area contributed by atoms with E-state index in [0.717, 1.165) is 16.7 Å². The maximum Gasteiger partial charge on any atom is 0.358 e. The van der Waals surface area contributed by atoms with Gasteiger partial charge in [0.2, 0.25) is 0 Å². The van der Waals surface area contributed by atoms with E-state index in [0.29, 0.717) is 36.0 Å². The fourth-order valence-electron chi connectivity index (χ4n) is 3.44. The molecule has 0 bridgehead atoms. The molecule has 0 aliphatic carbocycles. The number of carboxylic acids is 1. The van der Waals surface area contributed by atoms with Crippen LogP contribution >= 0.6 is 0 Å². The number of aromatic nitrogens is 1. The van der Waals surface area contributed by atoms with Crippen LogP contribution in [0.5, 0.6) is 11.5 Å². The monoisotopic (exact) mass is 443 g/mol. The van der Waals surface area contributed by atoms with Crippen molar-refractivity contribution in [1.29, 1.82) is 0 Å². The summed E-state index contributed by atoms with van der Waals surface area (Å²) in [6.45, 7) is 4.90. The third-order valence-corrected chi connectivity index (χ3v) is 5.20. The normalized spacial score (nSPS) is 10.9. The van der Waals surface area contributed by atoms with Gasteiger partial charge in [0.1, 0.15) is 24.7 Å². The lowest BCUT2D eigenvalue weighted by Crippen LogP contribution is -2.03. The van der Waals surface area contributed by atoms with Crippen LogP contribution in [-0.4, -0.2) is 16.2 Å². The Balaban J connectivity index is 1.72. The zero-order valence-corrected chi connectivity index (χ0v) is 18.5. The summed E-state index contributed by atoms with van der Waals surface area (Å²) in [7, 11) is 0. The fourth-order valence-corrected chi connectivity index (χ4v) is 3.44. The molecule has 33 heavy (non-hydrogen) atoms. The summed E-state index contributed by atoms with van der Waals surface area (Å²) in [6.07, 6.45) is 0. The van der Waals surface area contributed by atoms with Gasteiger partial charge in [-0.2, -0.15) is 0 Å². The van der Waals surface area contributed by atoms with E-state index < -0.39 is 5.97 Å². The number of hydrogen-bond acceptors (Lipinski definition) is 5. The Labute approximate surface area is 192 Å². The first-order chi connectivity index (χ1) is 16.0. The Morgan fingerprint density at radius 1 is 0.879 bits per heavy atom. The highest BCUT2D eigenvalue weighted by atomic mass is 16.5. The van der Waals surface area contributed by atoms with Crippen molar-refractivity contribution < 1.29 is 23.9 Å². The second kappa shape index (κ2) is 10.0. The molecule has 6 nitrogen and oxygen atoms in total. The minimum absolute atomic E-state index is 0.152. The zero-order valence-electron chi connectivity index (χ0n) is 18.5. The lowest BCUT2D eigenvalue weighted by Gasteiger charge is -2.19. The summed E-state index contributed by atoms with van der Waals surface area (Å²) >= 11 is 0. The number of benzene rings is 3. The highest BCUT2D eigenvalue weighted by Crippen LogP contribution is 2.40. The molecule has 0 unspecified atom stereocenters. The van der Waals surface area contributed by atoms with Crippen molar-refractivity contribution >= 4 is 5.97 Å². The number of ether oxygens (including phenoxy) is 2. The van der Waals surface area contributed by atoms with E-state index >= 15 is 0 Å². The molecule has 0 aliphatic heterocycles. The molecule has 0 radical (unpaired) electrons. The summed E-state index contributed by atoms with van der Waals surface area (Å²) in [5.74, 6) is 0.563. The van der Waals surface area contributed by atoms with Crippen LogP contribution in [0.2, 0.25) is 0 Å².